The van der Waals surface area contributed by atoms with Crippen molar-refractivity contribution in [1.82, 2.24) is 15.0 Å². The number of aryl methyl sites for hydroxylation is 2. The summed E-state index contributed by atoms with van der Waals surface area (Å²) in [5.74, 6) is 2.73. The maximum absolute atomic E-state index is 6.17. The Morgan fingerprint density at radius 2 is 1.77 bits per heavy atom. The van der Waals surface area contributed by atoms with Gasteiger partial charge in [-0.2, -0.15) is 0 Å². The first kappa shape index (κ1) is 17.9. The number of aromatic nitrogens is 3. The highest BCUT2D eigenvalue weighted by Crippen LogP contribution is 2.33. The molecule has 1 aromatic carbocycles. The molecule has 2 N–H and O–H groups in total. The van der Waals surface area contributed by atoms with Crippen LogP contribution >= 0.6 is 11.6 Å². The van der Waals surface area contributed by atoms with Gasteiger partial charge >= 0.3 is 0 Å². The predicted octanol–water partition coefficient (Wildman–Crippen LogP) is 4.51. The summed E-state index contributed by atoms with van der Waals surface area (Å²) in [6.07, 6.45) is 3.54. The van der Waals surface area contributed by atoms with Crippen LogP contribution in [0.3, 0.4) is 0 Å². The lowest BCUT2D eigenvalue weighted by Gasteiger charge is -2.14. The quantitative estimate of drug-likeness (QED) is 0.666. The minimum Gasteiger partial charge on any atom is -0.495 e. The first-order chi connectivity index (χ1) is 12.5. The number of hydrogen-bond acceptors (Lipinski definition) is 6. The number of ether oxygens (including phenoxy) is 1. The topological polar surface area (TPSA) is 72.0 Å². The van der Waals surface area contributed by atoms with Crippen LogP contribution in [-0.2, 0) is 6.54 Å². The van der Waals surface area contributed by atoms with Crippen LogP contribution in [0.2, 0.25) is 5.02 Å². The van der Waals surface area contributed by atoms with E-state index in [0.29, 0.717) is 29.0 Å². The average molecular weight is 370 g/mol. The Bertz CT molecular complexity index is 902. The van der Waals surface area contributed by atoms with Crippen molar-refractivity contribution in [2.75, 3.05) is 17.7 Å². The van der Waals surface area contributed by atoms with Crippen LogP contribution in [0.25, 0.3) is 0 Å². The second-order valence-electron chi connectivity index (χ2n) is 5.82. The van der Waals surface area contributed by atoms with Gasteiger partial charge in [-0.25, -0.2) is 9.97 Å². The number of nitrogens with zero attached hydrogens (tertiary/aromatic N) is 3. The van der Waals surface area contributed by atoms with Crippen molar-refractivity contribution in [2.45, 2.75) is 20.4 Å². The zero-order chi connectivity index (χ0) is 18.5. The number of nitrogens with one attached hydrogen (secondary N) is 2. The number of rotatable bonds is 6. The van der Waals surface area contributed by atoms with Gasteiger partial charge in [-0.1, -0.05) is 11.6 Å². The predicted molar refractivity (Wildman–Crippen MR) is 104 cm³/mol. The highest BCUT2D eigenvalue weighted by molar-refractivity contribution is 6.31. The third-order valence-electron chi connectivity index (χ3n) is 3.80. The van der Waals surface area contributed by atoms with Crippen molar-refractivity contribution in [3.05, 3.63) is 64.7 Å². The van der Waals surface area contributed by atoms with Crippen molar-refractivity contribution >= 4 is 28.9 Å². The van der Waals surface area contributed by atoms with Gasteiger partial charge in [0.25, 0.3) is 0 Å². The molecule has 0 aliphatic carbocycles. The Hall–Kier alpha value is -2.86. The molecule has 0 radical (unpaired) electrons. The van der Waals surface area contributed by atoms with Crippen LogP contribution in [0.15, 0.2) is 42.7 Å². The van der Waals surface area contributed by atoms with Gasteiger partial charge < -0.3 is 15.4 Å². The Morgan fingerprint density at radius 3 is 2.50 bits per heavy atom. The third kappa shape index (κ3) is 4.40. The number of methoxy groups -OCH3 is 1. The third-order valence-corrected chi connectivity index (χ3v) is 4.21. The van der Waals surface area contributed by atoms with E-state index in [1.54, 1.807) is 25.6 Å². The lowest BCUT2D eigenvalue weighted by Crippen LogP contribution is -2.05. The van der Waals surface area contributed by atoms with Gasteiger partial charge in [0.05, 0.1) is 12.8 Å². The molecule has 26 heavy (non-hydrogen) atoms. The molecule has 2 heterocycles. The molecule has 2 aromatic heterocycles. The van der Waals surface area contributed by atoms with Crippen LogP contribution < -0.4 is 15.4 Å². The fraction of sp³-hybridized carbons (Fsp3) is 0.211. The Kier molecular flexibility index (Phi) is 5.53. The molecular weight excluding hydrogens is 350 g/mol. The molecule has 0 spiro atoms. The van der Waals surface area contributed by atoms with Crippen molar-refractivity contribution in [3.63, 3.8) is 0 Å². The highest BCUT2D eigenvalue weighted by Gasteiger charge is 2.09. The summed E-state index contributed by atoms with van der Waals surface area (Å²) in [5, 5.41) is 7.25. The molecule has 0 aliphatic rings. The lowest BCUT2D eigenvalue weighted by molar-refractivity contribution is 0.416. The molecule has 0 amide bonds. The number of benzene rings is 1. The lowest BCUT2D eigenvalue weighted by atomic mass is 10.2. The summed E-state index contributed by atoms with van der Waals surface area (Å²) in [7, 11) is 1.61. The van der Waals surface area contributed by atoms with E-state index in [1.807, 2.05) is 38.1 Å². The molecule has 3 rings (SSSR count). The second kappa shape index (κ2) is 8.01. The van der Waals surface area contributed by atoms with E-state index in [4.69, 9.17) is 16.3 Å². The summed E-state index contributed by atoms with van der Waals surface area (Å²) in [6.45, 7) is 4.45. The fourth-order valence-electron chi connectivity index (χ4n) is 2.48. The maximum Gasteiger partial charge on any atom is 0.143 e. The summed E-state index contributed by atoms with van der Waals surface area (Å²) >= 11 is 6.17. The van der Waals surface area contributed by atoms with Gasteiger partial charge in [0, 0.05) is 36.1 Å². The van der Waals surface area contributed by atoms with E-state index in [1.165, 1.54) is 0 Å². The minimum atomic E-state index is 0.655. The maximum atomic E-state index is 6.17. The zero-order valence-electron chi connectivity index (χ0n) is 14.9. The van der Waals surface area contributed by atoms with Gasteiger partial charge in [-0.3, -0.25) is 4.98 Å². The molecule has 0 bridgehead atoms. The molecule has 3 aromatic rings. The largest absolute Gasteiger partial charge is 0.495 e. The Labute approximate surface area is 157 Å². The Morgan fingerprint density at radius 1 is 1.04 bits per heavy atom. The fourth-order valence-corrected chi connectivity index (χ4v) is 2.64. The van der Waals surface area contributed by atoms with Gasteiger partial charge in [-0.05, 0) is 43.2 Å². The molecule has 134 valence electrons. The summed E-state index contributed by atoms with van der Waals surface area (Å²) < 4.78 is 5.41. The van der Waals surface area contributed by atoms with E-state index >= 15 is 0 Å². The van der Waals surface area contributed by atoms with Crippen molar-refractivity contribution in [3.8, 4) is 5.75 Å². The Balaban J connectivity index is 1.81. The molecular formula is C19H20ClN5O. The van der Waals surface area contributed by atoms with Crippen LogP contribution in [0.4, 0.5) is 17.3 Å². The van der Waals surface area contributed by atoms with Crippen molar-refractivity contribution in [2.24, 2.45) is 0 Å². The molecule has 7 heteroatoms. The molecule has 0 aliphatic heterocycles. The molecule has 0 unspecified atom stereocenters. The minimum absolute atomic E-state index is 0.655. The van der Waals surface area contributed by atoms with Gasteiger partial charge in [0.2, 0.25) is 0 Å². The molecule has 6 nitrogen and oxygen atoms in total. The highest BCUT2D eigenvalue weighted by atomic mass is 35.5. The smallest absolute Gasteiger partial charge is 0.143 e. The van der Waals surface area contributed by atoms with Crippen molar-refractivity contribution < 1.29 is 4.74 Å². The van der Waals surface area contributed by atoms with E-state index in [-0.39, 0.29) is 0 Å². The zero-order valence-corrected chi connectivity index (χ0v) is 15.6. The molecule has 0 atom stereocenters. The van der Waals surface area contributed by atoms with Crippen LogP contribution in [0, 0.1) is 13.8 Å². The van der Waals surface area contributed by atoms with Crippen LogP contribution in [0.5, 0.6) is 5.75 Å². The SMILES string of the molecule is COc1cc(Cl)c(C)cc1Nc1cc(NCc2ccncc2)nc(C)n1. The van der Waals surface area contributed by atoms with Gasteiger partial charge in [-0.15, -0.1) is 0 Å². The summed E-state index contributed by atoms with van der Waals surface area (Å²) in [4.78, 5) is 12.9. The van der Waals surface area contributed by atoms with Crippen LogP contribution in [-0.4, -0.2) is 22.1 Å². The standard InChI is InChI=1S/C19H20ClN5O/c1-12-8-16(17(26-3)9-15(12)20)25-19-10-18(23-13(2)24-19)22-11-14-4-6-21-7-5-14/h4-10H,11H2,1-3H3,(H2,22,23,24,25). The molecule has 0 saturated heterocycles. The second-order valence-corrected chi connectivity index (χ2v) is 6.23. The van der Waals surface area contributed by atoms with Crippen LogP contribution in [0.1, 0.15) is 17.0 Å². The van der Waals surface area contributed by atoms with E-state index in [9.17, 15) is 0 Å². The molecule has 0 fully saturated rings. The van der Waals surface area contributed by atoms with E-state index < -0.39 is 0 Å². The number of hydrogen-bond donors (Lipinski definition) is 2. The summed E-state index contributed by atoms with van der Waals surface area (Å²) in [6, 6.07) is 9.50. The van der Waals surface area contributed by atoms with E-state index in [0.717, 1.165) is 22.6 Å². The first-order valence-electron chi connectivity index (χ1n) is 8.15. The number of anilines is 3. The number of pyridine rings is 1. The monoisotopic (exact) mass is 369 g/mol. The normalized spacial score (nSPS) is 10.5. The summed E-state index contributed by atoms with van der Waals surface area (Å²) in [5.41, 5.74) is 2.88. The first-order valence-corrected chi connectivity index (χ1v) is 8.52. The van der Waals surface area contributed by atoms with Gasteiger partial charge in [0.1, 0.15) is 23.2 Å². The van der Waals surface area contributed by atoms with E-state index in [2.05, 4.69) is 25.6 Å². The molecule has 0 saturated carbocycles. The average Bonchev–Trinajstić information content (AvgIpc) is 2.63. The number of halogens is 1. The van der Waals surface area contributed by atoms with Crippen molar-refractivity contribution in [1.29, 1.82) is 0 Å². The van der Waals surface area contributed by atoms with Gasteiger partial charge in [0.15, 0.2) is 0 Å².